The van der Waals surface area contributed by atoms with E-state index in [1.807, 2.05) is 6.07 Å². The average Bonchev–Trinajstić information content (AvgIpc) is 3.45. The van der Waals surface area contributed by atoms with Gasteiger partial charge in [0, 0.05) is 30.4 Å². The van der Waals surface area contributed by atoms with Gasteiger partial charge in [0.25, 0.3) is 0 Å². The number of benzene rings is 3. The first-order chi connectivity index (χ1) is 15.8. The Labute approximate surface area is 201 Å². The lowest BCUT2D eigenvalue weighted by atomic mass is 10.1. The van der Waals surface area contributed by atoms with Crippen molar-refractivity contribution in [1.29, 1.82) is 0 Å². The van der Waals surface area contributed by atoms with Crippen molar-refractivity contribution >= 4 is 23.8 Å². The lowest BCUT2D eigenvalue weighted by molar-refractivity contribution is 0.174. The molecule has 172 valence electrons. The standard InChI is InChI=1S/C27H28N2O3.ClH/c1-2-8-23-21(6-1)18-30-25-10-4-3-9-24(25)29(23)17-22-7-5-14-28(22)15-13-20-11-12-26-27(16-20)32-19-31-26;/h1-4,6,8-12,16,22H,5,7,13-15,17-19H2;1H/t22-;/m0./s1. The summed E-state index contributed by atoms with van der Waals surface area (Å²) >= 11 is 0. The molecule has 6 rings (SSSR count). The Morgan fingerprint density at radius 1 is 0.818 bits per heavy atom. The fraction of sp³-hybridized carbons (Fsp3) is 0.333. The summed E-state index contributed by atoms with van der Waals surface area (Å²) in [6.07, 6.45) is 3.49. The molecule has 1 atom stereocenters. The minimum absolute atomic E-state index is 0. The van der Waals surface area contributed by atoms with Crippen molar-refractivity contribution in [3.8, 4) is 17.2 Å². The Morgan fingerprint density at radius 2 is 1.64 bits per heavy atom. The molecule has 0 saturated carbocycles. The summed E-state index contributed by atoms with van der Waals surface area (Å²) in [5, 5.41) is 0. The highest BCUT2D eigenvalue weighted by Gasteiger charge is 2.30. The number of para-hydroxylation sites is 3. The van der Waals surface area contributed by atoms with E-state index in [0.717, 1.165) is 43.3 Å². The molecule has 0 spiro atoms. The van der Waals surface area contributed by atoms with E-state index in [9.17, 15) is 0 Å². The van der Waals surface area contributed by atoms with Crippen LogP contribution >= 0.6 is 12.4 Å². The molecule has 3 aliphatic heterocycles. The summed E-state index contributed by atoms with van der Waals surface area (Å²) < 4.78 is 17.2. The maximum absolute atomic E-state index is 6.16. The van der Waals surface area contributed by atoms with Gasteiger partial charge < -0.3 is 19.1 Å². The van der Waals surface area contributed by atoms with Crippen molar-refractivity contribution in [3.05, 3.63) is 77.9 Å². The number of likely N-dealkylation sites (tertiary alicyclic amines) is 1. The van der Waals surface area contributed by atoms with Crippen LogP contribution in [0.25, 0.3) is 0 Å². The Bertz CT molecular complexity index is 1070. The number of rotatable bonds is 5. The predicted molar refractivity (Wildman–Crippen MR) is 132 cm³/mol. The van der Waals surface area contributed by atoms with Gasteiger partial charge in [0.15, 0.2) is 11.5 Å². The molecule has 0 amide bonds. The minimum Gasteiger partial charge on any atom is -0.487 e. The lowest BCUT2D eigenvalue weighted by Crippen LogP contribution is -2.39. The molecule has 1 saturated heterocycles. The van der Waals surface area contributed by atoms with Crippen LogP contribution in [-0.2, 0) is 13.0 Å². The Balaban J connectivity index is 0.00000228. The zero-order valence-corrected chi connectivity index (χ0v) is 19.4. The second-order valence-corrected chi connectivity index (χ2v) is 8.77. The van der Waals surface area contributed by atoms with Crippen molar-refractivity contribution in [2.24, 2.45) is 0 Å². The highest BCUT2D eigenvalue weighted by atomic mass is 35.5. The van der Waals surface area contributed by atoms with Gasteiger partial charge in [0.2, 0.25) is 6.79 Å². The summed E-state index contributed by atoms with van der Waals surface area (Å²) in [7, 11) is 0. The first-order valence-electron chi connectivity index (χ1n) is 11.5. The second-order valence-electron chi connectivity index (χ2n) is 8.77. The molecule has 0 bridgehead atoms. The van der Waals surface area contributed by atoms with Gasteiger partial charge in [-0.15, -0.1) is 12.4 Å². The van der Waals surface area contributed by atoms with Gasteiger partial charge in [-0.1, -0.05) is 36.4 Å². The third kappa shape index (κ3) is 4.35. The molecular formula is C27H29ClN2O3. The predicted octanol–water partition coefficient (Wildman–Crippen LogP) is 5.57. The van der Waals surface area contributed by atoms with Gasteiger partial charge in [0.05, 0.1) is 5.69 Å². The summed E-state index contributed by atoms with van der Waals surface area (Å²) in [5.74, 6) is 2.69. The minimum atomic E-state index is 0. The second kappa shape index (κ2) is 9.54. The van der Waals surface area contributed by atoms with Crippen LogP contribution in [-0.4, -0.2) is 37.4 Å². The molecule has 0 aromatic heterocycles. The highest BCUT2D eigenvalue weighted by Crippen LogP contribution is 2.40. The molecule has 3 aliphatic rings. The number of anilines is 2. The molecular weight excluding hydrogens is 436 g/mol. The normalized spacial score (nSPS) is 18.7. The van der Waals surface area contributed by atoms with Crippen molar-refractivity contribution in [3.63, 3.8) is 0 Å². The third-order valence-electron chi connectivity index (χ3n) is 6.84. The SMILES string of the molecule is Cl.c1ccc2c(c1)COc1ccccc1N2C[C@@H]1CCCN1CCc1ccc2c(c1)OCO2. The van der Waals surface area contributed by atoms with Crippen LogP contribution in [0, 0.1) is 0 Å². The monoisotopic (exact) mass is 464 g/mol. The van der Waals surface area contributed by atoms with Gasteiger partial charge >= 0.3 is 0 Å². The van der Waals surface area contributed by atoms with Crippen molar-refractivity contribution < 1.29 is 14.2 Å². The third-order valence-corrected chi connectivity index (χ3v) is 6.84. The van der Waals surface area contributed by atoms with Crippen LogP contribution in [0.3, 0.4) is 0 Å². The summed E-state index contributed by atoms with van der Waals surface area (Å²) in [4.78, 5) is 5.13. The fourth-order valence-corrected chi connectivity index (χ4v) is 5.16. The van der Waals surface area contributed by atoms with Gasteiger partial charge in [-0.25, -0.2) is 0 Å². The quantitative estimate of drug-likeness (QED) is 0.492. The number of halogens is 1. The molecule has 0 N–H and O–H groups in total. The number of hydrogen-bond donors (Lipinski definition) is 0. The molecule has 6 heteroatoms. The molecule has 0 unspecified atom stereocenters. The molecule has 3 heterocycles. The van der Waals surface area contributed by atoms with Gasteiger partial charge in [-0.2, -0.15) is 0 Å². The van der Waals surface area contributed by atoms with E-state index in [0.29, 0.717) is 19.4 Å². The number of ether oxygens (including phenoxy) is 3. The van der Waals surface area contributed by atoms with Gasteiger partial charge in [-0.05, 0) is 61.7 Å². The maximum Gasteiger partial charge on any atom is 0.231 e. The topological polar surface area (TPSA) is 34.2 Å². The van der Waals surface area contributed by atoms with E-state index in [4.69, 9.17) is 14.2 Å². The highest BCUT2D eigenvalue weighted by molar-refractivity contribution is 5.85. The largest absolute Gasteiger partial charge is 0.487 e. The van der Waals surface area contributed by atoms with Crippen LogP contribution in [0.5, 0.6) is 17.2 Å². The summed E-state index contributed by atoms with van der Waals surface area (Å²) in [6, 6.07) is 23.9. The molecule has 3 aromatic carbocycles. The zero-order valence-electron chi connectivity index (χ0n) is 18.6. The Morgan fingerprint density at radius 3 is 2.58 bits per heavy atom. The maximum atomic E-state index is 6.16. The smallest absolute Gasteiger partial charge is 0.231 e. The zero-order chi connectivity index (χ0) is 21.3. The van der Waals surface area contributed by atoms with E-state index in [1.54, 1.807) is 0 Å². The van der Waals surface area contributed by atoms with E-state index in [-0.39, 0.29) is 12.4 Å². The van der Waals surface area contributed by atoms with Gasteiger partial charge in [-0.3, -0.25) is 4.90 Å². The first kappa shape index (κ1) is 21.9. The molecule has 5 nitrogen and oxygen atoms in total. The van der Waals surface area contributed by atoms with E-state index in [2.05, 4.69) is 70.5 Å². The summed E-state index contributed by atoms with van der Waals surface area (Å²) in [5.41, 5.74) is 4.98. The number of hydrogen-bond acceptors (Lipinski definition) is 5. The van der Waals surface area contributed by atoms with Crippen molar-refractivity contribution in [2.75, 3.05) is 31.3 Å². The van der Waals surface area contributed by atoms with Crippen molar-refractivity contribution in [1.82, 2.24) is 4.90 Å². The fourth-order valence-electron chi connectivity index (χ4n) is 5.16. The van der Waals surface area contributed by atoms with E-state index < -0.39 is 0 Å². The van der Waals surface area contributed by atoms with Crippen LogP contribution in [0.15, 0.2) is 66.7 Å². The van der Waals surface area contributed by atoms with Crippen LogP contribution in [0.4, 0.5) is 11.4 Å². The molecule has 3 aromatic rings. The lowest BCUT2D eigenvalue weighted by Gasteiger charge is -2.32. The van der Waals surface area contributed by atoms with Gasteiger partial charge in [0.1, 0.15) is 12.4 Å². The average molecular weight is 465 g/mol. The Kier molecular flexibility index (Phi) is 6.34. The van der Waals surface area contributed by atoms with Crippen LogP contribution < -0.4 is 19.1 Å². The molecule has 0 aliphatic carbocycles. The molecule has 0 radical (unpaired) electrons. The molecule has 1 fully saturated rings. The first-order valence-corrected chi connectivity index (χ1v) is 11.5. The van der Waals surface area contributed by atoms with Crippen molar-refractivity contribution in [2.45, 2.75) is 31.9 Å². The molecule has 33 heavy (non-hydrogen) atoms. The van der Waals surface area contributed by atoms with E-state index >= 15 is 0 Å². The summed E-state index contributed by atoms with van der Waals surface area (Å²) in [6.45, 7) is 4.12. The van der Waals surface area contributed by atoms with Crippen LogP contribution in [0.1, 0.15) is 24.0 Å². The number of nitrogens with zero attached hydrogens (tertiary/aromatic N) is 2. The van der Waals surface area contributed by atoms with Crippen LogP contribution in [0.2, 0.25) is 0 Å². The number of fused-ring (bicyclic) bond motifs is 3. The van der Waals surface area contributed by atoms with E-state index in [1.165, 1.54) is 35.3 Å². The Hall–Kier alpha value is -2.89.